The molecule has 17 heavy (non-hydrogen) atoms. The Bertz CT molecular complexity index is 538. The van der Waals surface area contributed by atoms with Crippen molar-refractivity contribution in [3.63, 3.8) is 0 Å². The third kappa shape index (κ3) is 1.93. The molecule has 0 atom stereocenters. The molecule has 0 spiro atoms. The summed E-state index contributed by atoms with van der Waals surface area (Å²) in [6.07, 6.45) is 5.97. The number of carbonyl (C=O) groups is 1. The van der Waals surface area contributed by atoms with Gasteiger partial charge >= 0.3 is 0 Å². The number of H-pyrrole nitrogens is 1. The van der Waals surface area contributed by atoms with Crippen LogP contribution < -0.4 is 4.74 Å². The number of nitrogens with one attached hydrogen (secondary N) is 1. The van der Waals surface area contributed by atoms with Gasteiger partial charge in [0, 0.05) is 10.9 Å². The van der Waals surface area contributed by atoms with Gasteiger partial charge in [-0.15, -0.1) is 0 Å². The molecule has 3 nitrogen and oxygen atoms in total. The van der Waals surface area contributed by atoms with Crippen molar-refractivity contribution < 1.29 is 9.53 Å². The van der Waals surface area contributed by atoms with E-state index in [9.17, 15) is 4.79 Å². The Labute approximate surface area is 99.8 Å². The number of aldehydes is 1. The lowest BCUT2D eigenvalue weighted by Gasteiger charge is -2.13. The number of aromatic nitrogens is 1. The maximum Gasteiger partial charge on any atom is 0.166 e. The van der Waals surface area contributed by atoms with Crippen LogP contribution in [0.2, 0.25) is 0 Å². The Balaban J connectivity index is 1.96. The fourth-order valence-corrected chi connectivity index (χ4v) is 2.50. The summed E-state index contributed by atoms with van der Waals surface area (Å²) < 4.78 is 6.01. The van der Waals surface area contributed by atoms with Crippen LogP contribution in [0.4, 0.5) is 0 Å². The van der Waals surface area contributed by atoms with Crippen LogP contribution in [-0.4, -0.2) is 17.4 Å². The fraction of sp³-hybridized carbons (Fsp3) is 0.357. The van der Waals surface area contributed by atoms with E-state index in [0.29, 0.717) is 11.8 Å². The SMILES string of the molecule is O=Cc1cc2c(OC3CCCC3)cccc2[nH]1. The average Bonchev–Trinajstić information content (AvgIpc) is 2.97. The van der Waals surface area contributed by atoms with E-state index in [-0.39, 0.29) is 0 Å². The zero-order chi connectivity index (χ0) is 11.7. The second-order valence-corrected chi connectivity index (χ2v) is 4.58. The molecule has 1 aliphatic carbocycles. The lowest BCUT2D eigenvalue weighted by molar-refractivity contribution is 0.112. The van der Waals surface area contributed by atoms with Gasteiger partial charge < -0.3 is 9.72 Å². The first kappa shape index (κ1) is 10.4. The zero-order valence-electron chi connectivity index (χ0n) is 9.61. The van der Waals surface area contributed by atoms with E-state index in [1.54, 1.807) is 0 Å². The van der Waals surface area contributed by atoms with E-state index in [1.165, 1.54) is 12.8 Å². The van der Waals surface area contributed by atoms with Crippen molar-refractivity contribution in [1.82, 2.24) is 4.98 Å². The number of carbonyl (C=O) groups excluding carboxylic acids is 1. The molecule has 0 unspecified atom stereocenters. The van der Waals surface area contributed by atoms with Crippen molar-refractivity contribution in [2.75, 3.05) is 0 Å². The van der Waals surface area contributed by atoms with Crippen molar-refractivity contribution >= 4 is 17.2 Å². The van der Waals surface area contributed by atoms with Crippen LogP contribution in [0, 0.1) is 0 Å². The van der Waals surface area contributed by atoms with Gasteiger partial charge in [0.05, 0.1) is 11.8 Å². The van der Waals surface area contributed by atoms with Crippen LogP contribution >= 0.6 is 0 Å². The normalized spacial score (nSPS) is 16.5. The molecule has 0 saturated heterocycles. The third-order valence-corrected chi connectivity index (χ3v) is 3.37. The van der Waals surface area contributed by atoms with Gasteiger partial charge in [-0.3, -0.25) is 4.79 Å². The van der Waals surface area contributed by atoms with Gasteiger partial charge in [0.1, 0.15) is 5.75 Å². The summed E-state index contributed by atoms with van der Waals surface area (Å²) >= 11 is 0. The molecular formula is C14H15NO2. The summed E-state index contributed by atoms with van der Waals surface area (Å²) in [7, 11) is 0. The molecule has 0 radical (unpaired) electrons. The molecule has 1 fully saturated rings. The van der Waals surface area contributed by atoms with Gasteiger partial charge in [-0.1, -0.05) is 6.07 Å². The van der Waals surface area contributed by atoms with Crippen molar-refractivity contribution in [3.05, 3.63) is 30.0 Å². The van der Waals surface area contributed by atoms with E-state index in [1.807, 2.05) is 24.3 Å². The largest absolute Gasteiger partial charge is 0.490 e. The van der Waals surface area contributed by atoms with E-state index in [0.717, 1.165) is 35.8 Å². The summed E-state index contributed by atoms with van der Waals surface area (Å²) in [6.45, 7) is 0. The number of aromatic amines is 1. The van der Waals surface area contributed by atoms with Gasteiger partial charge in [-0.05, 0) is 43.9 Å². The monoisotopic (exact) mass is 229 g/mol. The Morgan fingerprint density at radius 2 is 2.12 bits per heavy atom. The van der Waals surface area contributed by atoms with Crippen molar-refractivity contribution in [2.24, 2.45) is 0 Å². The Hall–Kier alpha value is -1.77. The van der Waals surface area contributed by atoms with Crippen LogP contribution in [0.1, 0.15) is 36.2 Å². The second-order valence-electron chi connectivity index (χ2n) is 4.58. The number of benzene rings is 1. The average molecular weight is 229 g/mol. The first-order valence-electron chi connectivity index (χ1n) is 6.10. The fourth-order valence-electron chi connectivity index (χ4n) is 2.50. The Morgan fingerprint density at radius 3 is 2.88 bits per heavy atom. The smallest absolute Gasteiger partial charge is 0.166 e. The molecule has 2 aromatic rings. The minimum atomic E-state index is 0.343. The quantitative estimate of drug-likeness (QED) is 0.820. The van der Waals surface area contributed by atoms with Gasteiger partial charge in [-0.25, -0.2) is 0 Å². The van der Waals surface area contributed by atoms with Gasteiger partial charge in [0.2, 0.25) is 0 Å². The van der Waals surface area contributed by atoms with Crippen LogP contribution in [0.25, 0.3) is 10.9 Å². The zero-order valence-corrected chi connectivity index (χ0v) is 9.61. The summed E-state index contributed by atoms with van der Waals surface area (Å²) in [6, 6.07) is 7.75. The summed E-state index contributed by atoms with van der Waals surface area (Å²) in [5.41, 5.74) is 1.56. The predicted octanol–water partition coefficient (Wildman–Crippen LogP) is 3.30. The van der Waals surface area contributed by atoms with Gasteiger partial charge in [-0.2, -0.15) is 0 Å². The summed E-state index contributed by atoms with van der Waals surface area (Å²) in [5, 5.41) is 1.00. The highest BCUT2D eigenvalue weighted by molar-refractivity contribution is 5.91. The minimum Gasteiger partial charge on any atom is -0.490 e. The molecule has 0 aliphatic heterocycles. The topological polar surface area (TPSA) is 42.1 Å². The molecular weight excluding hydrogens is 214 g/mol. The standard InChI is InChI=1S/C14H15NO2/c16-9-10-8-12-13(15-10)6-3-7-14(12)17-11-4-1-2-5-11/h3,6-9,11,15H,1-2,4-5H2. The second kappa shape index (κ2) is 4.24. The van der Waals surface area contributed by atoms with Crippen LogP contribution in [0.3, 0.4) is 0 Å². The molecule has 1 aromatic heterocycles. The molecule has 3 rings (SSSR count). The van der Waals surface area contributed by atoms with Crippen LogP contribution in [0.5, 0.6) is 5.75 Å². The summed E-state index contributed by atoms with van der Waals surface area (Å²) in [4.78, 5) is 13.8. The minimum absolute atomic E-state index is 0.343. The van der Waals surface area contributed by atoms with Gasteiger partial charge in [0.15, 0.2) is 6.29 Å². The third-order valence-electron chi connectivity index (χ3n) is 3.37. The molecule has 0 amide bonds. The van der Waals surface area contributed by atoms with E-state index < -0.39 is 0 Å². The molecule has 1 heterocycles. The van der Waals surface area contributed by atoms with E-state index in [2.05, 4.69) is 4.98 Å². The molecule has 1 saturated carbocycles. The lowest BCUT2D eigenvalue weighted by atomic mass is 10.2. The van der Waals surface area contributed by atoms with Crippen LogP contribution in [-0.2, 0) is 0 Å². The molecule has 88 valence electrons. The Kier molecular flexibility index (Phi) is 2.59. The van der Waals surface area contributed by atoms with Gasteiger partial charge in [0.25, 0.3) is 0 Å². The maximum absolute atomic E-state index is 10.8. The molecule has 1 aliphatic rings. The first-order chi connectivity index (χ1) is 8.36. The molecule has 1 aromatic carbocycles. The number of hydrogen-bond donors (Lipinski definition) is 1. The molecule has 3 heteroatoms. The van der Waals surface area contributed by atoms with Crippen molar-refractivity contribution in [1.29, 1.82) is 0 Å². The summed E-state index contributed by atoms with van der Waals surface area (Å²) in [5.74, 6) is 0.888. The molecule has 0 bridgehead atoms. The maximum atomic E-state index is 10.8. The van der Waals surface area contributed by atoms with E-state index >= 15 is 0 Å². The number of rotatable bonds is 3. The van der Waals surface area contributed by atoms with Crippen molar-refractivity contribution in [2.45, 2.75) is 31.8 Å². The number of ether oxygens (including phenoxy) is 1. The molecule has 1 N–H and O–H groups in total. The lowest BCUT2D eigenvalue weighted by Crippen LogP contribution is -2.10. The first-order valence-corrected chi connectivity index (χ1v) is 6.10. The van der Waals surface area contributed by atoms with Crippen molar-refractivity contribution in [3.8, 4) is 5.75 Å². The van der Waals surface area contributed by atoms with E-state index in [4.69, 9.17) is 4.74 Å². The Morgan fingerprint density at radius 1 is 1.29 bits per heavy atom. The highest BCUT2D eigenvalue weighted by Gasteiger charge is 2.17. The predicted molar refractivity (Wildman–Crippen MR) is 66.6 cm³/mol. The number of hydrogen-bond acceptors (Lipinski definition) is 2. The number of fused-ring (bicyclic) bond motifs is 1. The highest BCUT2D eigenvalue weighted by atomic mass is 16.5. The highest BCUT2D eigenvalue weighted by Crippen LogP contribution is 2.30. The van der Waals surface area contributed by atoms with Crippen LogP contribution in [0.15, 0.2) is 24.3 Å².